The summed E-state index contributed by atoms with van der Waals surface area (Å²) in [4.78, 5) is 13.8. The molecular formula is C41H44Cl2N6O5. The number of pyridine rings is 1. The van der Waals surface area contributed by atoms with Crippen molar-refractivity contribution >= 4 is 23.2 Å². The highest BCUT2D eigenvalue weighted by Crippen LogP contribution is 2.39. The molecule has 282 valence electrons. The van der Waals surface area contributed by atoms with Gasteiger partial charge in [0.1, 0.15) is 42.4 Å². The van der Waals surface area contributed by atoms with Crippen LogP contribution in [0.3, 0.4) is 0 Å². The number of nitrogens with one attached hydrogen (secondary N) is 2. The third kappa shape index (κ3) is 10.1. The van der Waals surface area contributed by atoms with Gasteiger partial charge in [-0.25, -0.2) is 4.98 Å². The maximum absolute atomic E-state index is 10.3. The Labute approximate surface area is 325 Å². The van der Waals surface area contributed by atoms with Gasteiger partial charge in [0, 0.05) is 73.7 Å². The summed E-state index contributed by atoms with van der Waals surface area (Å²) in [5, 5.41) is 33.4. The number of piperidine rings is 1. The van der Waals surface area contributed by atoms with Crippen LogP contribution in [0.5, 0.6) is 17.2 Å². The number of ether oxygens (including phenoxy) is 3. The van der Waals surface area contributed by atoms with Crippen molar-refractivity contribution in [2.45, 2.75) is 58.1 Å². The van der Waals surface area contributed by atoms with Crippen LogP contribution in [0.2, 0.25) is 10.0 Å². The van der Waals surface area contributed by atoms with E-state index in [-0.39, 0.29) is 19.8 Å². The molecule has 5 aromatic rings. The Morgan fingerprint density at radius 3 is 2.52 bits per heavy atom. The number of imidazole rings is 1. The number of aromatic amines is 1. The number of nitrogens with zero attached hydrogens (tertiary/aromatic N) is 4. The molecule has 3 aromatic carbocycles. The van der Waals surface area contributed by atoms with Gasteiger partial charge in [-0.1, -0.05) is 53.5 Å². The first-order chi connectivity index (χ1) is 26.2. The summed E-state index contributed by atoms with van der Waals surface area (Å²) in [7, 11) is 0. The van der Waals surface area contributed by atoms with Crippen LogP contribution in [-0.2, 0) is 26.3 Å². The van der Waals surface area contributed by atoms with Crippen molar-refractivity contribution in [3.8, 4) is 34.4 Å². The first-order valence-corrected chi connectivity index (χ1v) is 18.7. The van der Waals surface area contributed by atoms with Crippen LogP contribution in [0.1, 0.15) is 52.9 Å². The predicted molar refractivity (Wildman–Crippen MR) is 208 cm³/mol. The van der Waals surface area contributed by atoms with Crippen LogP contribution >= 0.6 is 23.2 Å². The van der Waals surface area contributed by atoms with E-state index in [1.807, 2.05) is 49.4 Å². The number of hydrogen-bond acceptors (Lipinski definition) is 10. The molecule has 1 fully saturated rings. The Balaban J connectivity index is 1.12. The highest BCUT2D eigenvalue weighted by atomic mass is 35.5. The number of likely N-dealkylation sites (tertiary alicyclic amines) is 1. The monoisotopic (exact) mass is 770 g/mol. The molecular weight excluding hydrogens is 727 g/mol. The zero-order chi connectivity index (χ0) is 37.9. The molecule has 0 bridgehead atoms. The minimum atomic E-state index is -0.953. The number of aliphatic hydroxyl groups excluding tert-OH is 1. The first kappa shape index (κ1) is 39.0. The molecule has 0 aliphatic carbocycles. The summed E-state index contributed by atoms with van der Waals surface area (Å²) in [6.45, 7) is 6.15. The highest BCUT2D eigenvalue weighted by Gasteiger charge is 2.31. The van der Waals surface area contributed by atoms with Crippen LogP contribution in [0.4, 0.5) is 0 Å². The molecule has 0 unspecified atom stereocenters. The summed E-state index contributed by atoms with van der Waals surface area (Å²) >= 11 is 13.7. The van der Waals surface area contributed by atoms with Crippen molar-refractivity contribution in [1.29, 1.82) is 5.26 Å². The molecule has 6 rings (SSSR count). The van der Waals surface area contributed by atoms with E-state index in [4.69, 9.17) is 37.4 Å². The summed E-state index contributed by atoms with van der Waals surface area (Å²) in [5.74, 6) is 2.49. The molecule has 0 radical (unpaired) electrons. The molecule has 0 amide bonds. The van der Waals surface area contributed by atoms with Gasteiger partial charge in [0.25, 0.3) is 0 Å². The highest BCUT2D eigenvalue weighted by molar-refractivity contribution is 6.35. The van der Waals surface area contributed by atoms with Gasteiger partial charge in [-0.15, -0.1) is 0 Å². The van der Waals surface area contributed by atoms with E-state index in [1.54, 1.807) is 30.7 Å². The first-order valence-electron chi connectivity index (χ1n) is 17.9. The Morgan fingerprint density at radius 2 is 1.74 bits per heavy atom. The van der Waals surface area contributed by atoms with Crippen molar-refractivity contribution in [2.75, 3.05) is 32.8 Å². The van der Waals surface area contributed by atoms with Crippen LogP contribution in [0.25, 0.3) is 11.1 Å². The smallest absolute Gasteiger partial charge is 0.142 e. The van der Waals surface area contributed by atoms with E-state index in [9.17, 15) is 15.5 Å². The molecule has 0 spiro atoms. The van der Waals surface area contributed by atoms with Crippen molar-refractivity contribution in [1.82, 2.24) is 25.2 Å². The van der Waals surface area contributed by atoms with Crippen molar-refractivity contribution in [3.63, 3.8) is 0 Å². The lowest BCUT2D eigenvalue weighted by Gasteiger charge is -2.36. The summed E-state index contributed by atoms with van der Waals surface area (Å²) in [5.41, 5.74) is 4.91. The second-order valence-electron chi connectivity index (χ2n) is 13.4. The van der Waals surface area contributed by atoms with Gasteiger partial charge in [-0.2, -0.15) is 5.26 Å². The van der Waals surface area contributed by atoms with Crippen molar-refractivity contribution in [2.24, 2.45) is 0 Å². The molecule has 11 nitrogen and oxygen atoms in total. The SMILES string of the molecule is Cc1c(COc2cc(OCc3cncc(C#N)c3)c(CNCc3ncc[nH]3)cc2Cl)cccc1-c1cccc(OCCCN2CCC(O)(CO)CC2)c1Cl. The van der Waals surface area contributed by atoms with Crippen molar-refractivity contribution in [3.05, 3.63) is 123 Å². The van der Waals surface area contributed by atoms with Gasteiger partial charge in [0.05, 0.1) is 41.0 Å². The predicted octanol–water partition coefficient (Wildman–Crippen LogP) is 6.99. The maximum atomic E-state index is 10.3. The fourth-order valence-corrected chi connectivity index (χ4v) is 6.92. The van der Waals surface area contributed by atoms with Crippen LogP contribution in [-0.4, -0.2) is 68.5 Å². The van der Waals surface area contributed by atoms with Crippen molar-refractivity contribution < 1.29 is 24.4 Å². The summed E-state index contributed by atoms with van der Waals surface area (Å²) < 4.78 is 18.7. The second kappa shape index (κ2) is 18.6. The van der Waals surface area contributed by atoms with Gasteiger partial charge < -0.3 is 39.6 Å². The second-order valence-corrected chi connectivity index (χ2v) is 14.2. The van der Waals surface area contributed by atoms with Gasteiger partial charge in [-0.05, 0) is 61.1 Å². The topological polar surface area (TPSA) is 149 Å². The molecule has 3 heterocycles. The average molecular weight is 772 g/mol. The lowest BCUT2D eigenvalue weighted by atomic mass is 9.92. The fraction of sp³-hybridized carbons (Fsp3) is 0.341. The summed E-state index contributed by atoms with van der Waals surface area (Å²) in [6.07, 6.45) is 8.62. The van der Waals surface area contributed by atoms with Gasteiger partial charge in [0.2, 0.25) is 0 Å². The van der Waals surface area contributed by atoms with Gasteiger partial charge in [-0.3, -0.25) is 4.98 Å². The number of benzene rings is 3. The minimum absolute atomic E-state index is 0.194. The van der Waals surface area contributed by atoms with E-state index in [1.165, 1.54) is 6.20 Å². The lowest BCUT2D eigenvalue weighted by molar-refractivity contribution is -0.0596. The molecule has 4 N–H and O–H groups in total. The number of aliphatic hydroxyl groups is 2. The quantitative estimate of drug-likeness (QED) is 0.0729. The lowest BCUT2D eigenvalue weighted by Crippen LogP contribution is -2.46. The maximum Gasteiger partial charge on any atom is 0.142 e. The largest absolute Gasteiger partial charge is 0.492 e. The Bertz CT molecular complexity index is 2050. The molecule has 1 aliphatic rings. The molecule has 0 atom stereocenters. The Morgan fingerprint density at radius 1 is 0.944 bits per heavy atom. The molecule has 2 aromatic heterocycles. The molecule has 1 saturated heterocycles. The molecule has 13 heteroatoms. The number of rotatable bonds is 17. The van der Waals surface area contributed by atoms with Gasteiger partial charge >= 0.3 is 0 Å². The van der Waals surface area contributed by atoms with Crippen LogP contribution in [0.15, 0.2) is 79.4 Å². The van der Waals surface area contributed by atoms with Gasteiger partial charge in [0.15, 0.2) is 0 Å². The number of nitriles is 1. The number of H-pyrrole nitrogens is 1. The van der Waals surface area contributed by atoms with E-state index in [2.05, 4.69) is 31.2 Å². The average Bonchev–Trinajstić information content (AvgIpc) is 3.71. The third-order valence-electron chi connectivity index (χ3n) is 9.64. The Kier molecular flexibility index (Phi) is 13.4. The van der Waals surface area contributed by atoms with E-state index in [0.717, 1.165) is 65.3 Å². The third-order valence-corrected chi connectivity index (χ3v) is 10.3. The van der Waals surface area contributed by atoms with E-state index in [0.29, 0.717) is 65.4 Å². The van der Waals surface area contributed by atoms with E-state index >= 15 is 0 Å². The number of aromatic nitrogens is 3. The van der Waals surface area contributed by atoms with Crippen LogP contribution < -0.4 is 19.5 Å². The van der Waals surface area contributed by atoms with E-state index < -0.39 is 5.60 Å². The molecule has 0 saturated carbocycles. The molecule has 1 aliphatic heterocycles. The Hall–Kier alpha value is -4.67. The zero-order valence-electron chi connectivity index (χ0n) is 30.2. The standard InChI is InChI=1S/C41H44Cl2N6O5/c1-28-31(5-2-6-33(28)34-7-3-8-36(40(34)43)52-16-4-13-49-14-9-41(51,27-50)10-15-49)26-54-38-19-37(53-25-30-17-29(20-44)21-45-22-30)32(18-35(38)42)23-46-24-39-47-11-12-48-39/h2-3,5-8,11-12,17-19,21-22,46,50-51H,4,9-10,13-16,23-27H2,1H3,(H,47,48). The minimum Gasteiger partial charge on any atom is -0.492 e. The fourth-order valence-electron chi connectivity index (χ4n) is 6.40. The number of halogens is 2. The summed E-state index contributed by atoms with van der Waals surface area (Å²) in [6, 6.07) is 19.3. The number of hydrogen-bond donors (Lipinski definition) is 4. The molecule has 54 heavy (non-hydrogen) atoms. The van der Waals surface area contributed by atoms with Crippen LogP contribution in [0, 0.1) is 18.3 Å². The zero-order valence-corrected chi connectivity index (χ0v) is 31.7. The normalized spacial score (nSPS) is 14.1.